The first-order valence-electron chi connectivity index (χ1n) is 8.90. The fourth-order valence-electron chi connectivity index (χ4n) is 2.87. The lowest BCUT2D eigenvalue weighted by atomic mass is 10.1. The highest BCUT2D eigenvalue weighted by molar-refractivity contribution is 7.90. The van der Waals surface area contributed by atoms with Crippen LogP contribution in [0.25, 0.3) is 0 Å². The highest BCUT2D eigenvalue weighted by atomic mass is 35.5. The standard InChI is InChI=1S/C20H21ClN2O5S/c1-20(2,3)28-15-8-4-13(5-9-15)12-17-18(24)23(19(25)22-17)29(26,27)16-10-6-14(21)7-11-16/h4-11,17H,12H2,1-3H3,(H,22,25)/t17-/m0/s1. The number of halogens is 1. The largest absolute Gasteiger partial charge is 0.488 e. The normalized spacial score (nSPS) is 17.4. The molecule has 0 aliphatic carbocycles. The van der Waals surface area contributed by atoms with Gasteiger partial charge < -0.3 is 10.1 Å². The second-order valence-electron chi connectivity index (χ2n) is 7.63. The summed E-state index contributed by atoms with van der Waals surface area (Å²) in [6, 6.07) is 10.4. The van der Waals surface area contributed by atoms with Gasteiger partial charge in [-0.05, 0) is 62.7 Å². The molecule has 7 nitrogen and oxygen atoms in total. The number of nitrogens with zero attached hydrogens (tertiary/aromatic N) is 1. The second-order valence-corrected chi connectivity index (χ2v) is 9.85. The van der Waals surface area contributed by atoms with Gasteiger partial charge in [0.1, 0.15) is 17.4 Å². The molecular weight excluding hydrogens is 416 g/mol. The molecule has 3 amide bonds. The number of benzene rings is 2. The van der Waals surface area contributed by atoms with Gasteiger partial charge in [0.15, 0.2) is 0 Å². The molecule has 1 heterocycles. The topological polar surface area (TPSA) is 92.8 Å². The summed E-state index contributed by atoms with van der Waals surface area (Å²) in [5.41, 5.74) is 0.420. The summed E-state index contributed by atoms with van der Waals surface area (Å²) in [5.74, 6) is -0.144. The Labute approximate surface area is 174 Å². The van der Waals surface area contributed by atoms with Crippen LogP contribution in [0.1, 0.15) is 26.3 Å². The lowest BCUT2D eigenvalue weighted by molar-refractivity contribution is -0.124. The molecule has 3 rings (SSSR count). The van der Waals surface area contributed by atoms with Gasteiger partial charge in [-0.1, -0.05) is 23.7 Å². The van der Waals surface area contributed by atoms with E-state index in [9.17, 15) is 18.0 Å². The molecule has 0 saturated carbocycles. The first-order valence-corrected chi connectivity index (χ1v) is 10.7. The van der Waals surface area contributed by atoms with Crippen LogP contribution >= 0.6 is 11.6 Å². The number of hydrogen-bond acceptors (Lipinski definition) is 5. The number of imide groups is 1. The summed E-state index contributed by atoms with van der Waals surface area (Å²) in [6.45, 7) is 5.80. The van der Waals surface area contributed by atoms with Crippen molar-refractivity contribution < 1.29 is 22.7 Å². The zero-order valence-corrected chi connectivity index (χ0v) is 17.8. The van der Waals surface area contributed by atoms with Crippen LogP contribution in [0.15, 0.2) is 53.4 Å². The van der Waals surface area contributed by atoms with Gasteiger partial charge in [-0.25, -0.2) is 13.2 Å². The van der Waals surface area contributed by atoms with Crippen molar-refractivity contribution in [3.8, 4) is 5.75 Å². The molecule has 1 N–H and O–H groups in total. The van der Waals surface area contributed by atoms with E-state index in [0.29, 0.717) is 10.8 Å². The molecule has 0 bridgehead atoms. The molecule has 0 spiro atoms. The highest BCUT2D eigenvalue weighted by Gasteiger charge is 2.45. The van der Waals surface area contributed by atoms with Crippen molar-refractivity contribution >= 4 is 33.6 Å². The Morgan fingerprint density at radius 3 is 2.17 bits per heavy atom. The fourth-order valence-corrected chi connectivity index (χ4v) is 4.32. The van der Waals surface area contributed by atoms with Crippen molar-refractivity contribution in [1.29, 1.82) is 0 Å². The molecule has 9 heteroatoms. The van der Waals surface area contributed by atoms with Gasteiger partial charge in [0, 0.05) is 11.4 Å². The Morgan fingerprint density at radius 1 is 1.03 bits per heavy atom. The number of ether oxygens (including phenoxy) is 1. The third-order valence-electron chi connectivity index (χ3n) is 4.12. The van der Waals surface area contributed by atoms with E-state index in [1.54, 1.807) is 24.3 Å². The SMILES string of the molecule is CC(C)(C)Oc1ccc(C[C@@H]2NC(=O)N(S(=O)(=O)c3ccc(Cl)cc3)C2=O)cc1. The molecule has 1 saturated heterocycles. The van der Waals surface area contributed by atoms with Crippen LogP contribution in [-0.4, -0.2) is 36.3 Å². The summed E-state index contributed by atoms with van der Waals surface area (Å²) in [7, 11) is -4.31. The average molecular weight is 437 g/mol. The Morgan fingerprint density at radius 2 is 1.62 bits per heavy atom. The molecule has 2 aromatic rings. The number of amides is 3. The third-order valence-corrected chi connectivity index (χ3v) is 6.07. The molecule has 1 atom stereocenters. The van der Waals surface area contributed by atoms with E-state index in [1.165, 1.54) is 24.3 Å². The van der Waals surface area contributed by atoms with Gasteiger partial charge in [-0.2, -0.15) is 0 Å². The van der Waals surface area contributed by atoms with Crippen molar-refractivity contribution in [2.75, 3.05) is 0 Å². The van der Waals surface area contributed by atoms with E-state index in [1.807, 2.05) is 20.8 Å². The summed E-state index contributed by atoms with van der Waals surface area (Å²) < 4.78 is 31.5. The summed E-state index contributed by atoms with van der Waals surface area (Å²) >= 11 is 5.78. The molecule has 1 fully saturated rings. The number of carbonyl (C=O) groups excluding carboxylic acids is 2. The monoisotopic (exact) mass is 436 g/mol. The van der Waals surface area contributed by atoms with Crippen LogP contribution in [0.2, 0.25) is 5.02 Å². The molecule has 2 aromatic carbocycles. The summed E-state index contributed by atoms with van der Waals surface area (Å²) in [6.07, 6.45) is 0.160. The zero-order valence-electron chi connectivity index (χ0n) is 16.2. The third kappa shape index (κ3) is 4.71. The van der Waals surface area contributed by atoms with Crippen molar-refractivity contribution in [2.24, 2.45) is 0 Å². The number of rotatable bonds is 5. The molecule has 1 aliphatic rings. The molecule has 29 heavy (non-hydrogen) atoms. The molecule has 154 valence electrons. The van der Waals surface area contributed by atoms with Crippen molar-refractivity contribution in [3.63, 3.8) is 0 Å². The number of hydrogen-bond donors (Lipinski definition) is 1. The van der Waals surface area contributed by atoms with Crippen molar-refractivity contribution in [2.45, 2.75) is 43.7 Å². The van der Waals surface area contributed by atoms with Crippen LogP contribution in [0.3, 0.4) is 0 Å². The van der Waals surface area contributed by atoms with Gasteiger partial charge in [0.25, 0.3) is 15.9 Å². The minimum Gasteiger partial charge on any atom is -0.488 e. The molecule has 1 aliphatic heterocycles. The predicted octanol–water partition coefficient (Wildman–Crippen LogP) is 3.37. The minimum atomic E-state index is -4.31. The summed E-state index contributed by atoms with van der Waals surface area (Å²) in [5, 5.41) is 2.79. The van der Waals surface area contributed by atoms with Crippen LogP contribution in [0, 0.1) is 0 Å². The maximum atomic E-state index is 12.7. The van der Waals surface area contributed by atoms with E-state index in [2.05, 4.69) is 5.32 Å². The van der Waals surface area contributed by atoms with Gasteiger partial charge in [-0.3, -0.25) is 4.79 Å². The smallest absolute Gasteiger partial charge is 0.339 e. The number of sulfonamides is 1. The summed E-state index contributed by atoms with van der Waals surface area (Å²) in [4.78, 5) is 24.7. The van der Waals surface area contributed by atoms with E-state index < -0.39 is 28.0 Å². The van der Waals surface area contributed by atoms with Crippen LogP contribution in [-0.2, 0) is 21.2 Å². The van der Waals surface area contributed by atoms with Gasteiger partial charge in [-0.15, -0.1) is 4.31 Å². The lowest BCUT2D eigenvalue weighted by Crippen LogP contribution is -2.37. The highest BCUT2D eigenvalue weighted by Crippen LogP contribution is 2.24. The molecular formula is C20H21ClN2O5S. The van der Waals surface area contributed by atoms with Crippen LogP contribution < -0.4 is 10.1 Å². The van der Waals surface area contributed by atoms with E-state index in [0.717, 1.165) is 5.56 Å². The van der Waals surface area contributed by atoms with Gasteiger partial charge >= 0.3 is 6.03 Å². The molecule has 0 radical (unpaired) electrons. The lowest BCUT2D eigenvalue weighted by Gasteiger charge is -2.21. The molecule has 0 unspecified atom stereocenters. The minimum absolute atomic E-state index is 0.160. The van der Waals surface area contributed by atoms with Crippen LogP contribution in [0.4, 0.5) is 4.79 Å². The Hall–Kier alpha value is -2.58. The first-order chi connectivity index (χ1) is 13.5. The van der Waals surface area contributed by atoms with Gasteiger partial charge in [0.05, 0.1) is 4.90 Å². The van der Waals surface area contributed by atoms with Crippen molar-refractivity contribution in [3.05, 3.63) is 59.1 Å². The van der Waals surface area contributed by atoms with E-state index >= 15 is 0 Å². The zero-order chi connectivity index (χ0) is 21.4. The fraction of sp³-hybridized carbons (Fsp3) is 0.300. The van der Waals surface area contributed by atoms with Crippen molar-refractivity contribution in [1.82, 2.24) is 9.62 Å². The van der Waals surface area contributed by atoms with Crippen LogP contribution in [0.5, 0.6) is 5.75 Å². The second kappa shape index (κ2) is 7.68. The Kier molecular flexibility index (Phi) is 5.60. The Bertz CT molecular complexity index is 1030. The number of nitrogens with one attached hydrogen (secondary N) is 1. The molecule has 0 aromatic heterocycles. The number of carbonyl (C=O) groups is 2. The predicted molar refractivity (Wildman–Crippen MR) is 108 cm³/mol. The van der Waals surface area contributed by atoms with E-state index in [4.69, 9.17) is 16.3 Å². The quantitative estimate of drug-likeness (QED) is 0.725. The van der Waals surface area contributed by atoms with E-state index in [-0.39, 0.29) is 21.2 Å². The van der Waals surface area contributed by atoms with Gasteiger partial charge in [0.2, 0.25) is 0 Å². The maximum absolute atomic E-state index is 12.7. The number of urea groups is 1. The Balaban J connectivity index is 1.76. The maximum Gasteiger partial charge on any atom is 0.339 e. The first kappa shape index (κ1) is 21.1. The average Bonchev–Trinajstić information content (AvgIpc) is 2.90.